The molecule has 1 aromatic heterocycles. The monoisotopic (exact) mass is 263 g/mol. The lowest BCUT2D eigenvalue weighted by Crippen LogP contribution is -2.11. The normalized spacial score (nSPS) is 19.4. The van der Waals surface area contributed by atoms with Gasteiger partial charge in [0.05, 0.1) is 11.1 Å². The minimum atomic E-state index is -0.916. The highest BCUT2D eigenvalue weighted by Crippen LogP contribution is 2.25. The van der Waals surface area contributed by atoms with E-state index in [9.17, 15) is 4.79 Å². The summed E-state index contributed by atoms with van der Waals surface area (Å²) in [7, 11) is 0. The van der Waals surface area contributed by atoms with Crippen LogP contribution >= 0.6 is 11.8 Å². The van der Waals surface area contributed by atoms with Crippen LogP contribution in [0.5, 0.6) is 0 Å². The summed E-state index contributed by atoms with van der Waals surface area (Å²) in [6.45, 7) is 0.826. The highest BCUT2D eigenvalue weighted by Gasteiger charge is 2.18. The molecule has 1 aromatic carbocycles. The average Bonchev–Trinajstić information content (AvgIpc) is 2.99. The van der Waals surface area contributed by atoms with Gasteiger partial charge in [0.25, 0.3) is 0 Å². The van der Waals surface area contributed by atoms with Crippen LogP contribution in [0.1, 0.15) is 16.8 Å². The van der Waals surface area contributed by atoms with E-state index in [1.165, 1.54) is 12.2 Å². The first-order chi connectivity index (χ1) is 8.74. The first kappa shape index (κ1) is 11.5. The number of benzene rings is 1. The molecule has 1 unspecified atom stereocenters. The van der Waals surface area contributed by atoms with E-state index >= 15 is 0 Å². The summed E-state index contributed by atoms with van der Waals surface area (Å²) >= 11 is 1.96. The Morgan fingerprint density at radius 3 is 3.17 bits per heavy atom. The number of carboxylic acids is 1. The third-order valence-electron chi connectivity index (χ3n) is 3.22. The van der Waals surface area contributed by atoms with Crippen LogP contribution in [0.15, 0.2) is 18.2 Å². The predicted molar refractivity (Wildman–Crippen MR) is 69.9 cm³/mol. The van der Waals surface area contributed by atoms with Gasteiger partial charge in [-0.1, -0.05) is 5.21 Å². The Morgan fingerprint density at radius 2 is 2.44 bits per heavy atom. The summed E-state index contributed by atoms with van der Waals surface area (Å²) in [5.74, 6) is 2.06. The minimum absolute atomic E-state index is 0.284. The van der Waals surface area contributed by atoms with Gasteiger partial charge in [0, 0.05) is 6.54 Å². The van der Waals surface area contributed by atoms with E-state index in [1.54, 1.807) is 18.2 Å². The maximum absolute atomic E-state index is 11.0. The Kier molecular flexibility index (Phi) is 2.95. The lowest BCUT2D eigenvalue weighted by atomic mass is 10.1. The molecule has 1 saturated heterocycles. The molecule has 1 aliphatic rings. The Bertz CT molecular complexity index is 590. The molecule has 0 bridgehead atoms. The molecule has 18 heavy (non-hydrogen) atoms. The van der Waals surface area contributed by atoms with Crippen LogP contribution in [0.25, 0.3) is 11.0 Å². The van der Waals surface area contributed by atoms with E-state index < -0.39 is 5.97 Å². The first-order valence-corrected chi connectivity index (χ1v) is 7.04. The molecule has 0 radical (unpaired) electrons. The molecular weight excluding hydrogens is 250 g/mol. The molecule has 2 aromatic rings. The van der Waals surface area contributed by atoms with Crippen LogP contribution < -0.4 is 0 Å². The largest absolute Gasteiger partial charge is 0.478 e. The second-order valence-corrected chi connectivity index (χ2v) is 5.66. The van der Waals surface area contributed by atoms with Gasteiger partial charge in [-0.2, -0.15) is 11.8 Å². The number of aromatic carboxylic acids is 1. The van der Waals surface area contributed by atoms with Crippen molar-refractivity contribution < 1.29 is 9.90 Å². The van der Waals surface area contributed by atoms with Crippen molar-refractivity contribution in [1.29, 1.82) is 0 Å². The molecule has 1 N–H and O–H groups in total. The third kappa shape index (κ3) is 2.08. The molecule has 3 rings (SSSR count). The standard InChI is InChI=1S/C12H13N3O2S/c16-12(17)9-1-2-10-11(5-9)15(14-13-10)6-8-3-4-18-7-8/h1-2,5,8H,3-4,6-7H2,(H,16,17). The maximum atomic E-state index is 11.0. The highest BCUT2D eigenvalue weighted by molar-refractivity contribution is 7.99. The van der Waals surface area contributed by atoms with Crippen LogP contribution in [0, 0.1) is 5.92 Å². The van der Waals surface area contributed by atoms with Crippen LogP contribution in [0.4, 0.5) is 0 Å². The number of hydrogen-bond donors (Lipinski definition) is 1. The fraction of sp³-hybridized carbons (Fsp3) is 0.417. The van der Waals surface area contributed by atoms with Crippen molar-refractivity contribution in [2.45, 2.75) is 13.0 Å². The number of hydrogen-bond acceptors (Lipinski definition) is 4. The van der Waals surface area contributed by atoms with Gasteiger partial charge in [-0.3, -0.25) is 0 Å². The van der Waals surface area contributed by atoms with Crippen molar-refractivity contribution in [3.8, 4) is 0 Å². The molecule has 5 nitrogen and oxygen atoms in total. The summed E-state index contributed by atoms with van der Waals surface area (Å²) in [5, 5.41) is 17.2. The molecular formula is C12H13N3O2S. The van der Waals surface area contributed by atoms with E-state index in [1.807, 2.05) is 16.4 Å². The topological polar surface area (TPSA) is 68.0 Å². The second kappa shape index (κ2) is 4.61. The van der Waals surface area contributed by atoms with Crippen molar-refractivity contribution in [1.82, 2.24) is 15.0 Å². The fourth-order valence-corrected chi connectivity index (χ4v) is 3.48. The summed E-state index contributed by atoms with van der Waals surface area (Å²) in [6, 6.07) is 4.93. The van der Waals surface area contributed by atoms with Gasteiger partial charge in [0.1, 0.15) is 5.52 Å². The van der Waals surface area contributed by atoms with Crippen LogP contribution in [0.3, 0.4) is 0 Å². The predicted octanol–water partition coefficient (Wildman–Crippen LogP) is 1.88. The third-order valence-corrected chi connectivity index (χ3v) is 4.45. The van der Waals surface area contributed by atoms with Gasteiger partial charge < -0.3 is 5.11 Å². The number of carbonyl (C=O) groups is 1. The second-order valence-electron chi connectivity index (χ2n) is 4.51. The summed E-state index contributed by atoms with van der Waals surface area (Å²) < 4.78 is 1.83. The van der Waals surface area contributed by atoms with Gasteiger partial charge in [0.15, 0.2) is 0 Å². The number of nitrogens with zero attached hydrogens (tertiary/aromatic N) is 3. The molecule has 0 aliphatic carbocycles. The molecule has 2 heterocycles. The van der Waals surface area contributed by atoms with E-state index in [0.29, 0.717) is 5.92 Å². The Hall–Kier alpha value is -1.56. The molecule has 0 saturated carbocycles. The lowest BCUT2D eigenvalue weighted by molar-refractivity contribution is 0.0697. The fourth-order valence-electron chi connectivity index (χ4n) is 2.20. The lowest BCUT2D eigenvalue weighted by Gasteiger charge is -2.08. The maximum Gasteiger partial charge on any atom is 0.335 e. The number of aromatic nitrogens is 3. The number of thioether (sulfide) groups is 1. The number of carboxylic acid groups (broad SMARTS) is 1. The van der Waals surface area contributed by atoms with Crippen molar-refractivity contribution in [2.24, 2.45) is 5.92 Å². The molecule has 1 fully saturated rings. The molecule has 0 amide bonds. The quantitative estimate of drug-likeness (QED) is 0.915. The number of rotatable bonds is 3. The Balaban J connectivity index is 1.95. The first-order valence-electron chi connectivity index (χ1n) is 5.88. The molecule has 94 valence electrons. The van der Waals surface area contributed by atoms with Crippen molar-refractivity contribution in [2.75, 3.05) is 11.5 Å². The van der Waals surface area contributed by atoms with E-state index in [0.717, 1.165) is 23.3 Å². The molecule has 6 heteroatoms. The van der Waals surface area contributed by atoms with Crippen LogP contribution in [0.2, 0.25) is 0 Å². The summed E-state index contributed by atoms with van der Waals surface area (Å²) in [6.07, 6.45) is 1.20. The molecule has 0 spiro atoms. The van der Waals surface area contributed by atoms with Gasteiger partial charge in [0.2, 0.25) is 0 Å². The van der Waals surface area contributed by atoms with Gasteiger partial charge >= 0.3 is 5.97 Å². The van der Waals surface area contributed by atoms with Gasteiger partial charge in [-0.25, -0.2) is 9.48 Å². The van der Waals surface area contributed by atoms with E-state index in [4.69, 9.17) is 5.11 Å². The molecule has 1 atom stereocenters. The Morgan fingerprint density at radius 1 is 1.56 bits per heavy atom. The average molecular weight is 263 g/mol. The van der Waals surface area contributed by atoms with Crippen LogP contribution in [-0.2, 0) is 6.54 Å². The zero-order valence-electron chi connectivity index (χ0n) is 9.74. The Labute approximate surface area is 108 Å². The SMILES string of the molecule is O=C(O)c1ccc2nnn(CC3CCSC3)c2c1. The van der Waals surface area contributed by atoms with E-state index in [2.05, 4.69) is 10.3 Å². The minimum Gasteiger partial charge on any atom is -0.478 e. The molecule has 1 aliphatic heterocycles. The van der Waals surface area contributed by atoms with Gasteiger partial charge in [-0.05, 0) is 42.0 Å². The van der Waals surface area contributed by atoms with Crippen molar-refractivity contribution in [3.63, 3.8) is 0 Å². The highest BCUT2D eigenvalue weighted by atomic mass is 32.2. The van der Waals surface area contributed by atoms with Crippen molar-refractivity contribution in [3.05, 3.63) is 23.8 Å². The van der Waals surface area contributed by atoms with Crippen molar-refractivity contribution >= 4 is 28.8 Å². The van der Waals surface area contributed by atoms with Crippen LogP contribution in [-0.4, -0.2) is 37.6 Å². The van der Waals surface area contributed by atoms with Gasteiger partial charge in [-0.15, -0.1) is 5.10 Å². The zero-order chi connectivity index (χ0) is 12.5. The smallest absolute Gasteiger partial charge is 0.335 e. The summed E-state index contributed by atoms with van der Waals surface area (Å²) in [5.41, 5.74) is 1.85. The van der Waals surface area contributed by atoms with E-state index in [-0.39, 0.29) is 5.56 Å². The number of fused-ring (bicyclic) bond motifs is 1. The zero-order valence-corrected chi connectivity index (χ0v) is 10.6. The summed E-state index contributed by atoms with van der Waals surface area (Å²) in [4.78, 5) is 11.0.